The van der Waals surface area contributed by atoms with Crippen molar-refractivity contribution in [3.8, 4) is 0 Å². The summed E-state index contributed by atoms with van der Waals surface area (Å²) in [6.07, 6.45) is 0.881. The molecule has 2 heterocycles. The van der Waals surface area contributed by atoms with Gasteiger partial charge in [0.15, 0.2) is 5.76 Å². The molecule has 2 aromatic rings. The van der Waals surface area contributed by atoms with Gasteiger partial charge in [0, 0.05) is 24.5 Å². The van der Waals surface area contributed by atoms with E-state index in [0.717, 1.165) is 40.8 Å². The minimum Gasteiger partial charge on any atom is -0.359 e. The summed E-state index contributed by atoms with van der Waals surface area (Å²) in [6.45, 7) is 8.73. The maximum absolute atomic E-state index is 5.28. The lowest BCUT2D eigenvalue weighted by molar-refractivity contribution is 0.377. The van der Waals surface area contributed by atoms with Crippen molar-refractivity contribution >= 4 is 5.95 Å². The van der Waals surface area contributed by atoms with Crippen LogP contribution in [0.3, 0.4) is 0 Å². The molecular weight excluding hydrogens is 240 g/mol. The fourth-order valence-electron chi connectivity index (χ4n) is 1.83. The molecule has 2 aromatic heterocycles. The van der Waals surface area contributed by atoms with Gasteiger partial charge in [0.2, 0.25) is 5.95 Å². The summed E-state index contributed by atoms with van der Waals surface area (Å²) in [5.41, 5.74) is 4.15. The van der Waals surface area contributed by atoms with Crippen LogP contribution in [0.2, 0.25) is 0 Å². The third kappa shape index (κ3) is 2.92. The molecule has 0 saturated carbocycles. The molecule has 0 N–H and O–H groups in total. The molecule has 0 unspecified atom stereocenters. The van der Waals surface area contributed by atoms with E-state index in [2.05, 4.69) is 22.0 Å². The maximum Gasteiger partial charge on any atom is 0.225 e. The van der Waals surface area contributed by atoms with Gasteiger partial charge in [-0.25, -0.2) is 9.97 Å². The first kappa shape index (κ1) is 13.5. The second kappa shape index (κ2) is 5.38. The number of nitrogens with zero attached hydrogens (tertiary/aromatic N) is 4. The van der Waals surface area contributed by atoms with Crippen molar-refractivity contribution in [3.63, 3.8) is 0 Å². The van der Waals surface area contributed by atoms with E-state index in [1.54, 1.807) is 0 Å². The van der Waals surface area contributed by atoms with Crippen molar-refractivity contribution in [2.24, 2.45) is 0 Å². The summed E-state index contributed by atoms with van der Waals surface area (Å²) in [7, 11) is 1.96. The topological polar surface area (TPSA) is 55.1 Å². The van der Waals surface area contributed by atoms with E-state index < -0.39 is 0 Å². The van der Waals surface area contributed by atoms with Crippen molar-refractivity contribution in [1.82, 2.24) is 15.1 Å². The summed E-state index contributed by atoms with van der Waals surface area (Å²) in [5.74, 6) is 1.55. The Balaban J connectivity index is 2.17. The molecule has 0 aliphatic carbocycles. The van der Waals surface area contributed by atoms with Gasteiger partial charge in [0.05, 0.1) is 12.2 Å². The van der Waals surface area contributed by atoms with Crippen molar-refractivity contribution in [2.45, 2.75) is 40.7 Å². The predicted molar refractivity (Wildman–Crippen MR) is 74.2 cm³/mol. The first-order chi connectivity index (χ1) is 9.01. The average molecular weight is 260 g/mol. The Morgan fingerprint density at radius 1 is 1.16 bits per heavy atom. The molecule has 0 atom stereocenters. The summed E-state index contributed by atoms with van der Waals surface area (Å²) in [4.78, 5) is 11.0. The van der Waals surface area contributed by atoms with Gasteiger partial charge in [0.25, 0.3) is 0 Å². The minimum atomic E-state index is 0.620. The molecule has 5 heteroatoms. The zero-order chi connectivity index (χ0) is 14.0. The van der Waals surface area contributed by atoms with Gasteiger partial charge < -0.3 is 9.42 Å². The Bertz CT molecular complexity index is 554. The van der Waals surface area contributed by atoms with E-state index >= 15 is 0 Å². The Labute approximate surface area is 113 Å². The van der Waals surface area contributed by atoms with Crippen LogP contribution in [-0.4, -0.2) is 22.2 Å². The smallest absolute Gasteiger partial charge is 0.225 e. The van der Waals surface area contributed by atoms with Crippen molar-refractivity contribution in [3.05, 3.63) is 34.5 Å². The number of aryl methyl sites for hydroxylation is 3. The van der Waals surface area contributed by atoms with E-state index in [0.29, 0.717) is 6.54 Å². The predicted octanol–water partition coefficient (Wildman–Crippen LogP) is 2.59. The average Bonchev–Trinajstić information content (AvgIpc) is 2.83. The van der Waals surface area contributed by atoms with Gasteiger partial charge in [-0.05, 0) is 32.8 Å². The lowest BCUT2D eigenvalue weighted by atomic mass is 10.2. The first-order valence-corrected chi connectivity index (χ1v) is 6.48. The van der Waals surface area contributed by atoms with Crippen LogP contribution in [-0.2, 0) is 13.0 Å². The van der Waals surface area contributed by atoms with Gasteiger partial charge in [0.1, 0.15) is 0 Å². The van der Waals surface area contributed by atoms with Crippen molar-refractivity contribution in [2.75, 3.05) is 11.9 Å². The number of anilines is 1. The van der Waals surface area contributed by atoms with Crippen LogP contribution in [0.4, 0.5) is 5.95 Å². The number of hydrogen-bond donors (Lipinski definition) is 0. The SMILES string of the molecule is CCc1cc(CN(C)c2nc(C)c(C)c(C)n2)on1. The van der Waals surface area contributed by atoms with E-state index in [1.807, 2.05) is 38.8 Å². The molecule has 0 fully saturated rings. The fraction of sp³-hybridized carbons (Fsp3) is 0.500. The van der Waals surface area contributed by atoms with Gasteiger partial charge in [-0.3, -0.25) is 0 Å². The second-order valence-electron chi connectivity index (χ2n) is 4.81. The van der Waals surface area contributed by atoms with Crippen LogP contribution in [0.1, 0.15) is 35.3 Å². The molecule has 19 heavy (non-hydrogen) atoms. The highest BCUT2D eigenvalue weighted by molar-refractivity contribution is 5.35. The zero-order valence-electron chi connectivity index (χ0n) is 12.2. The normalized spacial score (nSPS) is 10.8. The highest BCUT2D eigenvalue weighted by Gasteiger charge is 2.11. The number of aromatic nitrogens is 3. The van der Waals surface area contributed by atoms with Crippen molar-refractivity contribution in [1.29, 1.82) is 0 Å². The lowest BCUT2D eigenvalue weighted by Crippen LogP contribution is -2.20. The Morgan fingerprint density at radius 3 is 2.32 bits per heavy atom. The summed E-state index contributed by atoms with van der Waals surface area (Å²) < 4.78 is 5.28. The van der Waals surface area contributed by atoms with Crippen LogP contribution in [0.5, 0.6) is 0 Å². The van der Waals surface area contributed by atoms with Crippen LogP contribution in [0, 0.1) is 20.8 Å². The quantitative estimate of drug-likeness (QED) is 0.845. The van der Waals surface area contributed by atoms with Gasteiger partial charge in [-0.1, -0.05) is 12.1 Å². The number of rotatable bonds is 4. The monoisotopic (exact) mass is 260 g/mol. The third-order valence-electron chi connectivity index (χ3n) is 3.33. The molecule has 0 spiro atoms. The van der Waals surface area contributed by atoms with E-state index in [4.69, 9.17) is 4.52 Å². The van der Waals surface area contributed by atoms with Crippen molar-refractivity contribution < 1.29 is 4.52 Å². The van der Waals surface area contributed by atoms with E-state index in [1.165, 1.54) is 0 Å². The van der Waals surface area contributed by atoms with E-state index in [9.17, 15) is 0 Å². The first-order valence-electron chi connectivity index (χ1n) is 6.48. The summed E-state index contributed by atoms with van der Waals surface area (Å²) >= 11 is 0. The summed E-state index contributed by atoms with van der Waals surface area (Å²) in [6, 6.07) is 1.98. The van der Waals surface area contributed by atoms with Crippen LogP contribution in [0.25, 0.3) is 0 Å². The Morgan fingerprint density at radius 2 is 1.79 bits per heavy atom. The largest absolute Gasteiger partial charge is 0.359 e. The maximum atomic E-state index is 5.28. The van der Waals surface area contributed by atoms with Crippen LogP contribution < -0.4 is 4.90 Å². The second-order valence-corrected chi connectivity index (χ2v) is 4.81. The lowest BCUT2D eigenvalue weighted by Gasteiger charge is -2.17. The molecular formula is C14H20N4O. The molecule has 0 saturated heterocycles. The summed E-state index contributed by atoms with van der Waals surface area (Å²) in [5, 5.41) is 3.99. The standard InChI is InChI=1S/C14H20N4O/c1-6-12-7-13(19-17-12)8-18(5)14-15-10(3)9(2)11(4)16-14/h7H,6,8H2,1-5H3. The third-order valence-corrected chi connectivity index (χ3v) is 3.33. The fourth-order valence-corrected chi connectivity index (χ4v) is 1.83. The molecule has 5 nitrogen and oxygen atoms in total. The van der Waals surface area contributed by atoms with Crippen LogP contribution >= 0.6 is 0 Å². The van der Waals surface area contributed by atoms with E-state index in [-0.39, 0.29) is 0 Å². The molecule has 0 aliphatic rings. The van der Waals surface area contributed by atoms with Gasteiger partial charge in [-0.15, -0.1) is 0 Å². The molecule has 0 bridgehead atoms. The number of hydrogen-bond acceptors (Lipinski definition) is 5. The molecule has 2 rings (SSSR count). The Hall–Kier alpha value is -1.91. The minimum absolute atomic E-state index is 0.620. The molecule has 0 aliphatic heterocycles. The zero-order valence-corrected chi connectivity index (χ0v) is 12.2. The molecule has 102 valence electrons. The molecule has 0 aromatic carbocycles. The molecule has 0 radical (unpaired) electrons. The molecule has 0 amide bonds. The highest BCUT2D eigenvalue weighted by atomic mass is 16.5. The van der Waals surface area contributed by atoms with Crippen LogP contribution in [0.15, 0.2) is 10.6 Å². The Kier molecular flexibility index (Phi) is 3.83. The van der Waals surface area contributed by atoms with Gasteiger partial charge in [-0.2, -0.15) is 0 Å². The highest BCUT2D eigenvalue weighted by Crippen LogP contribution is 2.16. The van der Waals surface area contributed by atoms with Gasteiger partial charge >= 0.3 is 0 Å².